The second-order valence-corrected chi connectivity index (χ2v) is 9.69. The Hall–Kier alpha value is -2.48. The molecule has 2 N–H and O–H groups in total. The lowest BCUT2D eigenvalue weighted by atomic mass is 9.86. The normalized spacial score (nSPS) is 22.7. The number of hydrogen-bond acceptors (Lipinski definition) is 5. The quantitative estimate of drug-likeness (QED) is 0.406. The third-order valence-electron chi connectivity index (χ3n) is 6.74. The number of hydrogen-bond donors (Lipinski definition) is 2. The van der Waals surface area contributed by atoms with Crippen molar-refractivity contribution in [2.24, 2.45) is 5.92 Å². The van der Waals surface area contributed by atoms with E-state index in [1.165, 1.54) is 13.8 Å². The van der Waals surface area contributed by atoms with Gasteiger partial charge in [-0.25, -0.2) is 4.39 Å². The van der Waals surface area contributed by atoms with Crippen LogP contribution >= 0.6 is 0 Å². The third kappa shape index (κ3) is 8.91. The highest BCUT2D eigenvalue weighted by Gasteiger charge is 2.47. The summed E-state index contributed by atoms with van der Waals surface area (Å²) in [6.07, 6.45) is 1.94. The maximum Gasteiger partial charge on any atom is 0.325 e. The number of alkyl halides is 1. The topological polar surface area (TPSA) is 87.7 Å². The van der Waals surface area contributed by atoms with Crippen LogP contribution in [0.2, 0.25) is 0 Å². The van der Waals surface area contributed by atoms with Gasteiger partial charge in [0.05, 0.1) is 0 Å². The highest BCUT2D eigenvalue weighted by atomic mass is 19.1. The van der Waals surface area contributed by atoms with Gasteiger partial charge in [-0.1, -0.05) is 50.6 Å². The molecule has 196 valence electrons. The molecule has 1 fully saturated rings. The molecule has 1 aliphatic heterocycles. The van der Waals surface area contributed by atoms with Crippen molar-refractivity contribution in [1.29, 1.82) is 0 Å². The SMILES string of the molecule is CCCC(F)OC(=O)[C@H]1C[C@@H](NC(C)=O)[C@H](CC(CCC)C(C)NC(C)=O)N1Cc1ccccc1. The molecule has 6 atom stereocenters. The monoisotopic (exact) mass is 491 g/mol. The molecule has 8 heteroatoms. The highest BCUT2D eigenvalue weighted by Crippen LogP contribution is 2.34. The van der Waals surface area contributed by atoms with Gasteiger partial charge in [-0.15, -0.1) is 0 Å². The molecule has 0 aromatic heterocycles. The molecular weight excluding hydrogens is 449 g/mol. The van der Waals surface area contributed by atoms with Crippen molar-refractivity contribution in [2.75, 3.05) is 0 Å². The molecule has 0 spiro atoms. The van der Waals surface area contributed by atoms with E-state index in [1.54, 1.807) is 0 Å². The van der Waals surface area contributed by atoms with Crippen LogP contribution in [-0.4, -0.2) is 53.2 Å². The van der Waals surface area contributed by atoms with E-state index in [-0.39, 0.29) is 42.3 Å². The number of carbonyl (C=O) groups excluding carboxylic acids is 3. The van der Waals surface area contributed by atoms with E-state index in [2.05, 4.69) is 22.5 Å². The smallest absolute Gasteiger partial charge is 0.325 e. The summed E-state index contributed by atoms with van der Waals surface area (Å²) < 4.78 is 19.4. The zero-order valence-electron chi connectivity index (χ0n) is 21.8. The Morgan fingerprint density at radius 1 is 1.09 bits per heavy atom. The van der Waals surface area contributed by atoms with Crippen molar-refractivity contribution in [2.45, 2.75) is 110 Å². The molecule has 1 aromatic rings. The Balaban J connectivity index is 2.39. The van der Waals surface area contributed by atoms with Crippen LogP contribution in [0.4, 0.5) is 4.39 Å². The molecule has 1 aromatic carbocycles. The fraction of sp³-hybridized carbons (Fsp3) is 0.667. The molecule has 2 amide bonds. The van der Waals surface area contributed by atoms with Gasteiger partial charge in [0.2, 0.25) is 18.2 Å². The van der Waals surface area contributed by atoms with Crippen molar-refractivity contribution in [1.82, 2.24) is 15.5 Å². The molecule has 7 nitrogen and oxygen atoms in total. The minimum atomic E-state index is -1.64. The number of ether oxygens (including phenoxy) is 1. The van der Waals surface area contributed by atoms with Gasteiger partial charge in [-0.3, -0.25) is 19.3 Å². The first kappa shape index (κ1) is 28.8. The molecule has 0 radical (unpaired) electrons. The van der Waals surface area contributed by atoms with Crippen LogP contribution in [0.15, 0.2) is 30.3 Å². The zero-order chi connectivity index (χ0) is 26.0. The predicted octanol–water partition coefficient (Wildman–Crippen LogP) is 4.10. The van der Waals surface area contributed by atoms with Crippen LogP contribution in [0.25, 0.3) is 0 Å². The van der Waals surface area contributed by atoms with Crippen LogP contribution in [0.1, 0.15) is 78.7 Å². The Labute approximate surface area is 209 Å². The highest BCUT2D eigenvalue weighted by molar-refractivity contribution is 5.78. The summed E-state index contributed by atoms with van der Waals surface area (Å²) in [5.41, 5.74) is 1.02. The number of carbonyl (C=O) groups is 3. The van der Waals surface area contributed by atoms with Gasteiger partial charge >= 0.3 is 5.97 Å². The lowest BCUT2D eigenvalue weighted by molar-refractivity contribution is -0.164. The van der Waals surface area contributed by atoms with Gasteiger partial charge in [0.25, 0.3) is 0 Å². The Kier molecular flexibility index (Phi) is 11.6. The average molecular weight is 492 g/mol. The first-order valence-electron chi connectivity index (χ1n) is 12.8. The molecule has 1 aliphatic rings. The van der Waals surface area contributed by atoms with Crippen LogP contribution in [0, 0.1) is 5.92 Å². The summed E-state index contributed by atoms with van der Waals surface area (Å²) in [6.45, 7) is 9.38. The number of nitrogens with one attached hydrogen (secondary N) is 2. The van der Waals surface area contributed by atoms with E-state index in [0.717, 1.165) is 18.4 Å². The van der Waals surface area contributed by atoms with E-state index in [9.17, 15) is 18.8 Å². The minimum absolute atomic E-state index is 0.0604. The van der Waals surface area contributed by atoms with Crippen molar-refractivity contribution in [3.8, 4) is 0 Å². The van der Waals surface area contributed by atoms with Gasteiger partial charge in [0, 0.05) is 44.9 Å². The fourth-order valence-electron chi connectivity index (χ4n) is 5.15. The summed E-state index contributed by atoms with van der Waals surface area (Å²) in [4.78, 5) is 39.0. The second kappa shape index (κ2) is 14.2. The first-order valence-corrected chi connectivity index (χ1v) is 12.8. The van der Waals surface area contributed by atoms with E-state index in [1.807, 2.05) is 44.2 Å². The Morgan fingerprint density at radius 2 is 1.74 bits per heavy atom. The lowest BCUT2D eigenvalue weighted by Gasteiger charge is -2.35. The summed E-state index contributed by atoms with van der Waals surface area (Å²) in [5.74, 6) is -0.713. The number of rotatable bonds is 13. The Bertz CT molecular complexity index is 822. The molecule has 1 heterocycles. The van der Waals surface area contributed by atoms with Gasteiger partial charge in [-0.05, 0) is 44.1 Å². The first-order chi connectivity index (χ1) is 16.7. The predicted molar refractivity (Wildman–Crippen MR) is 134 cm³/mol. The van der Waals surface area contributed by atoms with Gasteiger partial charge in [-0.2, -0.15) is 0 Å². The number of benzene rings is 1. The maximum absolute atomic E-state index is 14.2. The lowest BCUT2D eigenvalue weighted by Crippen LogP contribution is -2.49. The molecule has 2 rings (SSSR count). The number of nitrogens with zero attached hydrogens (tertiary/aromatic N) is 1. The van der Waals surface area contributed by atoms with Gasteiger partial charge < -0.3 is 15.4 Å². The average Bonchev–Trinajstić information content (AvgIpc) is 3.10. The number of esters is 1. The minimum Gasteiger partial charge on any atom is -0.430 e. The van der Waals surface area contributed by atoms with Crippen molar-refractivity contribution >= 4 is 17.8 Å². The third-order valence-corrected chi connectivity index (χ3v) is 6.74. The van der Waals surface area contributed by atoms with E-state index >= 15 is 0 Å². The molecule has 3 unspecified atom stereocenters. The number of amides is 2. The van der Waals surface area contributed by atoms with E-state index < -0.39 is 18.4 Å². The molecule has 0 bridgehead atoms. The molecular formula is C27H42FN3O4. The van der Waals surface area contributed by atoms with Crippen molar-refractivity contribution in [3.05, 3.63) is 35.9 Å². The van der Waals surface area contributed by atoms with Gasteiger partial charge in [0.15, 0.2) is 0 Å². The molecule has 1 saturated heterocycles. The van der Waals surface area contributed by atoms with Crippen LogP contribution in [0.3, 0.4) is 0 Å². The largest absolute Gasteiger partial charge is 0.430 e. The number of halogens is 1. The number of likely N-dealkylation sites (tertiary alicyclic amines) is 1. The molecule has 0 saturated carbocycles. The summed E-state index contributed by atoms with van der Waals surface area (Å²) in [7, 11) is 0. The van der Waals surface area contributed by atoms with Gasteiger partial charge in [0.1, 0.15) is 6.04 Å². The summed E-state index contributed by atoms with van der Waals surface area (Å²) >= 11 is 0. The van der Waals surface area contributed by atoms with Crippen LogP contribution in [-0.2, 0) is 25.7 Å². The van der Waals surface area contributed by atoms with Crippen LogP contribution in [0.5, 0.6) is 0 Å². The maximum atomic E-state index is 14.2. The molecule has 35 heavy (non-hydrogen) atoms. The van der Waals surface area contributed by atoms with Crippen molar-refractivity contribution in [3.63, 3.8) is 0 Å². The second-order valence-electron chi connectivity index (χ2n) is 9.69. The summed E-state index contributed by atoms with van der Waals surface area (Å²) in [6, 6.07) is 8.60. The Morgan fingerprint density at radius 3 is 2.31 bits per heavy atom. The summed E-state index contributed by atoms with van der Waals surface area (Å²) in [5, 5.41) is 6.04. The zero-order valence-corrected chi connectivity index (χ0v) is 21.8. The molecule has 0 aliphatic carbocycles. The van der Waals surface area contributed by atoms with Crippen LogP contribution < -0.4 is 10.6 Å². The fourth-order valence-corrected chi connectivity index (χ4v) is 5.15. The van der Waals surface area contributed by atoms with Crippen molar-refractivity contribution < 1.29 is 23.5 Å². The van der Waals surface area contributed by atoms with E-state index in [0.29, 0.717) is 25.8 Å². The standard InChI is InChI=1S/C27H42FN3O4/c1-6-11-22(18(3)29-19(4)32)15-24-23(30-20(5)33)16-25(27(34)35-26(28)12-7-2)31(24)17-21-13-9-8-10-14-21/h8-10,13-14,18,22-26H,6-7,11-12,15-17H2,1-5H3,(H,29,32)(H,30,33)/t18?,22?,23-,24+,25-,26?/m1/s1. The van der Waals surface area contributed by atoms with E-state index in [4.69, 9.17) is 4.74 Å².